The fraction of sp³-hybridized carbons (Fsp3) is 0.367. The van der Waals surface area contributed by atoms with Crippen LogP contribution in [-0.4, -0.2) is 45.4 Å². The first-order valence-electron chi connectivity index (χ1n) is 13.7. The van der Waals surface area contributed by atoms with Crippen LogP contribution in [0.25, 0.3) is 11.0 Å². The first-order chi connectivity index (χ1) is 19.6. The summed E-state index contributed by atoms with van der Waals surface area (Å²) in [5.74, 6) is -0.366. The lowest BCUT2D eigenvalue weighted by atomic mass is 9.84. The molecule has 10 nitrogen and oxygen atoms in total. The number of aryl methyl sites for hydroxylation is 4. The van der Waals surface area contributed by atoms with Crippen LogP contribution in [0.3, 0.4) is 0 Å². The van der Waals surface area contributed by atoms with Crippen molar-refractivity contribution in [3.63, 3.8) is 0 Å². The van der Waals surface area contributed by atoms with E-state index in [9.17, 15) is 18.3 Å². The van der Waals surface area contributed by atoms with Crippen LogP contribution in [-0.2, 0) is 34.7 Å². The van der Waals surface area contributed by atoms with Gasteiger partial charge in [0.25, 0.3) is 0 Å². The van der Waals surface area contributed by atoms with Crippen LogP contribution in [0.5, 0.6) is 11.5 Å². The van der Waals surface area contributed by atoms with E-state index in [1.165, 1.54) is 4.31 Å². The summed E-state index contributed by atoms with van der Waals surface area (Å²) in [5.41, 5.74) is 7.28. The van der Waals surface area contributed by atoms with E-state index in [1.807, 2.05) is 61.9 Å². The van der Waals surface area contributed by atoms with Gasteiger partial charge in [-0.05, 0) is 85.2 Å². The average Bonchev–Trinajstić information content (AvgIpc) is 3.33. The van der Waals surface area contributed by atoms with Crippen LogP contribution in [0.15, 0.2) is 42.5 Å². The maximum Gasteiger partial charge on any atom is 0.385 e. The summed E-state index contributed by atoms with van der Waals surface area (Å²) in [6.45, 7) is 7.07. The molecule has 0 spiro atoms. The van der Waals surface area contributed by atoms with Gasteiger partial charge in [-0.2, -0.15) is 12.7 Å². The van der Waals surface area contributed by atoms with E-state index in [2.05, 4.69) is 10.3 Å². The molecule has 3 aliphatic rings. The second kappa shape index (κ2) is 10.5. The summed E-state index contributed by atoms with van der Waals surface area (Å²) in [7, 11) is -4.05. The van der Waals surface area contributed by atoms with Crippen molar-refractivity contribution in [2.24, 2.45) is 0 Å². The van der Waals surface area contributed by atoms with Crippen molar-refractivity contribution in [2.75, 3.05) is 6.61 Å². The quantitative estimate of drug-likeness (QED) is 0.362. The number of hydrogen-bond acceptors (Lipinski definition) is 7. The number of rotatable bonds is 2. The third-order valence-electron chi connectivity index (χ3n) is 8.07. The Hall–Kier alpha value is -3.96. The Bertz CT molecular complexity index is 1780. The summed E-state index contributed by atoms with van der Waals surface area (Å²) in [4.78, 5) is 12.0. The van der Waals surface area contributed by atoms with Crippen LogP contribution in [0.1, 0.15) is 64.1 Å². The first-order valence-corrected chi connectivity index (χ1v) is 15.1. The molecule has 0 radical (unpaired) electrons. The molecule has 0 fully saturated rings. The molecule has 0 aliphatic carbocycles. The molecule has 4 heterocycles. The van der Waals surface area contributed by atoms with Crippen molar-refractivity contribution < 1.29 is 27.2 Å². The molecule has 4 aromatic rings. The lowest BCUT2D eigenvalue weighted by Crippen LogP contribution is -2.37. The van der Waals surface area contributed by atoms with Crippen LogP contribution >= 0.6 is 0 Å². The average molecular weight is 577 g/mol. The number of carboxylic acid groups (broad SMARTS) is 1. The van der Waals surface area contributed by atoms with Gasteiger partial charge in [0.15, 0.2) is 5.75 Å². The molecule has 1 N–H and O–H groups in total. The summed E-state index contributed by atoms with van der Waals surface area (Å²) in [5, 5.41) is 18.7. The summed E-state index contributed by atoms with van der Waals surface area (Å²) >= 11 is 0. The van der Waals surface area contributed by atoms with Crippen LogP contribution < -0.4 is 8.92 Å². The molecule has 0 amide bonds. The minimum Gasteiger partial charge on any atom is -0.494 e. The van der Waals surface area contributed by atoms with Crippen molar-refractivity contribution in [1.29, 1.82) is 0 Å². The van der Waals surface area contributed by atoms with Crippen LogP contribution in [0.4, 0.5) is 0 Å². The lowest BCUT2D eigenvalue weighted by Gasteiger charge is -2.30. The Kier molecular flexibility index (Phi) is 6.95. The van der Waals surface area contributed by atoms with E-state index in [1.54, 1.807) is 6.07 Å². The third-order valence-corrected chi connectivity index (χ3v) is 9.34. The molecular formula is C30H32N4O6S. The maximum absolute atomic E-state index is 13.2. The predicted molar refractivity (Wildman–Crippen MR) is 152 cm³/mol. The van der Waals surface area contributed by atoms with Gasteiger partial charge < -0.3 is 14.0 Å². The van der Waals surface area contributed by atoms with Crippen LogP contribution in [0.2, 0.25) is 0 Å². The van der Waals surface area contributed by atoms with Gasteiger partial charge in [-0.15, -0.1) is 5.10 Å². The molecule has 11 heteroatoms. The maximum atomic E-state index is 13.2. The summed E-state index contributed by atoms with van der Waals surface area (Å²) < 4.78 is 41.3. The smallest absolute Gasteiger partial charge is 0.385 e. The standard InChI is InChI=1S/C30H32N4O6S/c1-18-6-7-21-13-22(18)16-33-17-23-14-24(12-19(2)30(23)40-41(33,37)38)39-11-5-4-10-34-27-9-8-25(26(21)15-28(35)36)20(3)29(27)31-32-34/h6-9,12-14,26H,4-5,10-11,15-17H2,1-3H3,(H,35,36). The predicted octanol–water partition coefficient (Wildman–Crippen LogP) is 4.78. The summed E-state index contributed by atoms with van der Waals surface area (Å²) in [6.07, 6.45) is 1.50. The Morgan fingerprint density at radius 1 is 1.02 bits per heavy atom. The largest absolute Gasteiger partial charge is 0.494 e. The Balaban J connectivity index is 1.48. The number of aromatic nitrogens is 3. The highest BCUT2D eigenvalue weighted by atomic mass is 32.2. The molecule has 0 saturated heterocycles. The van der Waals surface area contributed by atoms with Crippen molar-refractivity contribution in [3.05, 3.63) is 81.4 Å². The van der Waals surface area contributed by atoms with E-state index in [0.717, 1.165) is 57.3 Å². The highest BCUT2D eigenvalue weighted by Crippen LogP contribution is 2.38. The van der Waals surface area contributed by atoms with Crippen LogP contribution in [0, 0.1) is 20.8 Å². The molecular weight excluding hydrogens is 544 g/mol. The topological polar surface area (TPSA) is 124 Å². The highest BCUT2D eigenvalue weighted by Gasteiger charge is 2.34. The third kappa shape index (κ3) is 5.15. The molecule has 2 atom stereocenters. The zero-order valence-electron chi connectivity index (χ0n) is 23.3. The zero-order valence-corrected chi connectivity index (χ0v) is 24.1. The number of fused-ring (bicyclic) bond motifs is 5. The lowest BCUT2D eigenvalue weighted by molar-refractivity contribution is -0.137. The van der Waals surface area contributed by atoms with Crippen molar-refractivity contribution >= 4 is 27.3 Å². The van der Waals surface area contributed by atoms with Gasteiger partial charge in [0, 0.05) is 31.1 Å². The van der Waals surface area contributed by atoms with E-state index in [-0.39, 0.29) is 19.5 Å². The number of ether oxygens (including phenoxy) is 1. The fourth-order valence-corrected chi connectivity index (χ4v) is 6.97. The van der Waals surface area contributed by atoms with Crippen molar-refractivity contribution in [2.45, 2.75) is 65.6 Å². The minimum absolute atomic E-state index is 0.0811. The van der Waals surface area contributed by atoms with E-state index < -0.39 is 22.2 Å². The van der Waals surface area contributed by atoms with Gasteiger partial charge >= 0.3 is 16.3 Å². The number of nitrogens with zero attached hydrogens (tertiary/aromatic N) is 4. The Morgan fingerprint density at radius 2 is 1.83 bits per heavy atom. The molecule has 214 valence electrons. The fourth-order valence-electron chi connectivity index (χ4n) is 5.82. The van der Waals surface area contributed by atoms with E-state index in [4.69, 9.17) is 8.92 Å². The molecule has 0 saturated carbocycles. The number of carbonyl (C=O) groups is 1. The second-order valence-electron chi connectivity index (χ2n) is 10.9. The van der Waals surface area contributed by atoms with Gasteiger partial charge in [0.1, 0.15) is 11.3 Å². The molecule has 3 aliphatic heterocycles. The molecule has 2 unspecified atom stereocenters. The van der Waals surface area contributed by atoms with Gasteiger partial charge in [-0.25, -0.2) is 4.68 Å². The number of benzene rings is 3. The normalized spacial score (nSPS) is 20.1. The van der Waals surface area contributed by atoms with E-state index in [0.29, 0.717) is 30.2 Å². The molecule has 9 bridgehead atoms. The molecule has 3 aromatic carbocycles. The molecule has 41 heavy (non-hydrogen) atoms. The SMILES string of the molecule is Cc1ccc2cc1CN1Cc3cc(cc(C)c3OS1(=O)=O)OCCCCn1nnc3c(C)c(ccc31)C2CC(=O)O. The Labute approximate surface area is 238 Å². The van der Waals surface area contributed by atoms with Crippen molar-refractivity contribution in [1.82, 2.24) is 19.3 Å². The van der Waals surface area contributed by atoms with E-state index >= 15 is 0 Å². The van der Waals surface area contributed by atoms with Gasteiger partial charge in [0.05, 0.1) is 18.5 Å². The van der Waals surface area contributed by atoms with Gasteiger partial charge in [-0.1, -0.05) is 29.5 Å². The number of aliphatic carboxylic acids is 1. The first kappa shape index (κ1) is 27.2. The second-order valence-corrected chi connectivity index (χ2v) is 12.4. The highest BCUT2D eigenvalue weighted by molar-refractivity contribution is 7.84. The van der Waals surface area contributed by atoms with Gasteiger partial charge in [0.2, 0.25) is 0 Å². The number of carboxylic acids is 1. The Morgan fingerprint density at radius 3 is 2.63 bits per heavy atom. The minimum atomic E-state index is -4.05. The van der Waals surface area contributed by atoms with Gasteiger partial charge in [-0.3, -0.25) is 4.79 Å². The summed E-state index contributed by atoms with van der Waals surface area (Å²) in [6, 6.07) is 13.3. The monoisotopic (exact) mass is 576 g/mol. The van der Waals surface area contributed by atoms with Crippen molar-refractivity contribution in [3.8, 4) is 11.5 Å². The zero-order chi connectivity index (χ0) is 28.9. The molecule has 1 aromatic heterocycles. The molecule has 7 rings (SSSR count). The number of hydrogen-bond donors (Lipinski definition) is 1.